The van der Waals surface area contributed by atoms with Crippen LogP contribution in [0.2, 0.25) is 0 Å². The Morgan fingerprint density at radius 1 is 1.47 bits per heavy atom. The van der Waals surface area contributed by atoms with Crippen molar-refractivity contribution in [2.75, 3.05) is 30.5 Å². The molecule has 0 aliphatic rings. The molecule has 3 nitrogen and oxygen atoms in total. The Labute approximate surface area is 96.1 Å². The Morgan fingerprint density at radius 2 is 2.20 bits per heavy atom. The van der Waals surface area contributed by atoms with E-state index in [1.165, 1.54) is 0 Å². The molecule has 0 bridgehead atoms. The van der Waals surface area contributed by atoms with Crippen LogP contribution in [0, 0.1) is 6.92 Å². The van der Waals surface area contributed by atoms with Crippen LogP contribution >= 0.6 is 11.8 Å². The quantitative estimate of drug-likeness (QED) is 0.827. The number of hydrogen-bond acceptors (Lipinski definition) is 4. The van der Waals surface area contributed by atoms with E-state index in [0.29, 0.717) is 6.54 Å². The Kier molecular flexibility index (Phi) is 4.91. The average Bonchev–Trinajstić information content (AvgIpc) is 2.25. The molecule has 0 atom stereocenters. The lowest BCUT2D eigenvalue weighted by Gasteiger charge is -2.20. The molecular formula is C11H19N3S. The zero-order chi connectivity index (χ0) is 11.3. The van der Waals surface area contributed by atoms with Crippen LogP contribution in [-0.2, 0) is 6.54 Å². The van der Waals surface area contributed by atoms with Crippen molar-refractivity contribution in [1.82, 2.24) is 4.98 Å². The molecule has 1 aromatic heterocycles. The summed E-state index contributed by atoms with van der Waals surface area (Å²) in [5.41, 5.74) is 7.85. The van der Waals surface area contributed by atoms with Gasteiger partial charge in [-0.25, -0.2) is 4.98 Å². The Balaban J connectivity index is 2.85. The van der Waals surface area contributed by atoms with Gasteiger partial charge in [-0.2, -0.15) is 11.8 Å². The van der Waals surface area contributed by atoms with Crippen LogP contribution in [0.15, 0.2) is 12.1 Å². The van der Waals surface area contributed by atoms with E-state index in [1.54, 1.807) is 0 Å². The zero-order valence-electron chi connectivity index (χ0n) is 9.66. The molecule has 0 saturated carbocycles. The minimum absolute atomic E-state index is 0.548. The number of nitrogens with zero attached hydrogens (tertiary/aromatic N) is 2. The third-order valence-electron chi connectivity index (χ3n) is 2.31. The second kappa shape index (κ2) is 5.98. The number of rotatable bonds is 5. The van der Waals surface area contributed by atoms with Crippen molar-refractivity contribution in [3.63, 3.8) is 0 Å². The van der Waals surface area contributed by atoms with Crippen molar-refractivity contribution in [2.24, 2.45) is 5.73 Å². The van der Waals surface area contributed by atoms with Gasteiger partial charge in [0.2, 0.25) is 0 Å². The van der Waals surface area contributed by atoms with Gasteiger partial charge in [-0.15, -0.1) is 0 Å². The molecule has 0 unspecified atom stereocenters. The largest absolute Gasteiger partial charge is 0.359 e. The summed E-state index contributed by atoms with van der Waals surface area (Å²) in [5.74, 6) is 2.13. The summed E-state index contributed by atoms with van der Waals surface area (Å²) >= 11 is 1.84. The second-order valence-electron chi connectivity index (χ2n) is 3.55. The third kappa shape index (κ3) is 3.39. The molecule has 0 aliphatic heterocycles. The van der Waals surface area contributed by atoms with E-state index in [4.69, 9.17) is 5.73 Å². The summed E-state index contributed by atoms with van der Waals surface area (Å²) < 4.78 is 0. The second-order valence-corrected chi connectivity index (χ2v) is 4.54. The highest BCUT2D eigenvalue weighted by Crippen LogP contribution is 2.16. The normalized spacial score (nSPS) is 10.4. The van der Waals surface area contributed by atoms with Gasteiger partial charge in [-0.05, 0) is 19.2 Å². The number of aryl methyl sites for hydroxylation is 1. The van der Waals surface area contributed by atoms with E-state index in [0.717, 1.165) is 29.4 Å². The lowest BCUT2D eigenvalue weighted by Crippen LogP contribution is -2.23. The van der Waals surface area contributed by atoms with E-state index in [-0.39, 0.29) is 0 Å². The van der Waals surface area contributed by atoms with Gasteiger partial charge in [0, 0.05) is 37.1 Å². The van der Waals surface area contributed by atoms with Crippen molar-refractivity contribution < 1.29 is 0 Å². The summed E-state index contributed by atoms with van der Waals surface area (Å²) in [5, 5.41) is 0. The molecule has 15 heavy (non-hydrogen) atoms. The fraction of sp³-hybridized carbons (Fsp3) is 0.545. The Morgan fingerprint density at radius 3 is 2.80 bits per heavy atom. The molecular weight excluding hydrogens is 206 g/mol. The summed E-state index contributed by atoms with van der Waals surface area (Å²) in [6.07, 6.45) is 2.11. The number of pyridine rings is 1. The highest BCUT2D eigenvalue weighted by molar-refractivity contribution is 7.98. The molecule has 0 aromatic carbocycles. The van der Waals surface area contributed by atoms with Crippen LogP contribution in [-0.4, -0.2) is 30.6 Å². The van der Waals surface area contributed by atoms with Gasteiger partial charge in [-0.3, -0.25) is 0 Å². The van der Waals surface area contributed by atoms with Crippen molar-refractivity contribution in [3.8, 4) is 0 Å². The van der Waals surface area contributed by atoms with Crippen molar-refractivity contribution in [2.45, 2.75) is 13.5 Å². The van der Waals surface area contributed by atoms with Crippen LogP contribution < -0.4 is 10.6 Å². The average molecular weight is 225 g/mol. The number of aromatic nitrogens is 1. The standard InChI is InChI=1S/C11H19N3S/c1-9-4-5-10(8-12)11(13-9)14(2)6-7-15-3/h4-5H,6-8,12H2,1-3H3. The van der Waals surface area contributed by atoms with Crippen molar-refractivity contribution >= 4 is 17.6 Å². The lowest BCUT2D eigenvalue weighted by atomic mass is 10.2. The smallest absolute Gasteiger partial charge is 0.133 e. The molecule has 0 spiro atoms. The van der Waals surface area contributed by atoms with Gasteiger partial charge in [0.05, 0.1) is 0 Å². The summed E-state index contributed by atoms with van der Waals surface area (Å²) in [7, 11) is 2.07. The van der Waals surface area contributed by atoms with Crippen molar-refractivity contribution in [1.29, 1.82) is 0 Å². The van der Waals surface area contributed by atoms with Crippen LogP contribution in [0.1, 0.15) is 11.3 Å². The minimum Gasteiger partial charge on any atom is -0.359 e. The van der Waals surface area contributed by atoms with Gasteiger partial charge in [0.1, 0.15) is 5.82 Å². The third-order valence-corrected chi connectivity index (χ3v) is 2.90. The number of anilines is 1. The molecule has 0 saturated heterocycles. The van der Waals surface area contributed by atoms with E-state index >= 15 is 0 Å². The topological polar surface area (TPSA) is 42.2 Å². The molecule has 0 aliphatic carbocycles. The van der Waals surface area contributed by atoms with E-state index in [2.05, 4.69) is 29.3 Å². The highest BCUT2D eigenvalue weighted by atomic mass is 32.2. The molecule has 1 heterocycles. The zero-order valence-corrected chi connectivity index (χ0v) is 10.5. The minimum atomic E-state index is 0.548. The van der Waals surface area contributed by atoms with Crippen LogP contribution in [0.25, 0.3) is 0 Å². The van der Waals surface area contributed by atoms with Gasteiger partial charge < -0.3 is 10.6 Å². The van der Waals surface area contributed by atoms with E-state index < -0.39 is 0 Å². The van der Waals surface area contributed by atoms with Gasteiger partial charge in [0.25, 0.3) is 0 Å². The van der Waals surface area contributed by atoms with Crippen LogP contribution in [0.4, 0.5) is 5.82 Å². The number of hydrogen-bond donors (Lipinski definition) is 1. The van der Waals surface area contributed by atoms with Crippen molar-refractivity contribution in [3.05, 3.63) is 23.4 Å². The predicted octanol–water partition coefficient (Wildman–Crippen LogP) is 1.65. The first-order valence-electron chi connectivity index (χ1n) is 5.05. The molecule has 1 aromatic rings. The maximum atomic E-state index is 5.70. The number of nitrogens with two attached hydrogens (primary N) is 1. The molecule has 0 fully saturated rings. The van der Waals surface area contributed by atoms with Gasteiger partial charge in [0.15, 0.2) is 0 Å². The first kappa shape index (κ1) is 12.3. The monoisotopic (exact) mass is 225 g/mol. The molecule has 0 amide bonds. The first-order chi connectivity index (χ1) is 7.19. The molecule has 0 radical (unpaired) electrons. The molecule has 1 rings (SSSR count). The molecule has 2 N–H and O–H groups in total. The van der Waals surface area contributed by atoms with E-state index in [1.807, 2.05) is 24.8 Å². The first-order valence-corrected chi connectivity index (χ1v) is 6.45. The summed E-state index contributed by atoms with van der Waals surface area (Å²) in [6.45, 7) is 3.56. The Hall–Kier alpha value is -0.740. The maximum Gasteiger partial charge on any atom is 0.133 e. The number of thioether (sulfide) groups is 1. The van der Waals surface area contributed by atoms with E-state index in [9.17, 15) is 0 Å². The predicted molar refractivity (Wildman–Crippen MR) is 68.5 cm³/mol. The summed E-state index contributed by atoms with van der Waals surface area (Å²) in [4.78, 5) is 6.71. The van der Waals surface area contributed by atoms with Crippen LogP contribution in [0.5, 0.6) is 0 Å². The SMILES string of the molecule is CSCCN(C)c1nc(C)ccc1CN. The summed E-state index contributed by atoms with van der Waals surface area (Å²) in [6, 6.07) is 4.07. The van der Waals surface area contributed by atoms with Gasteiger partial charge >= 0.3 is 0 Å². The van der Waals surface area contributed by atoms with Crippen LogP contribution in [0.3, 0.4) is 0 Å². The lowest BCUT2D eigenvalue weighted by molar-refractivity contribution is 0.907. The highest BCUT2D eigenvalue weighted by Gasteiger charge is 2.07. The maximum absolute atomic E-state index is 5.70. The molecule has 84 valence electrons. The van der Waals surface area contributed by atoms with Gasteiger partial charge in [-0.1, -0.05) is 6.07 Å². The fourth-order valence-corrected chi connectivity index (χ4v) is 1.85. The Bertz CT molecular complexity index is 315. The molecule has 4 heteroatoms. The fourth-order valence-electron chi connectivity index (χ4n) is 1.40.